The molecule has 0 saturated carbocycles. The average molecular weight is 548 g/mol. The Hall–Kier alpha value is -3.32. The van der Waals surface area contributed by atoms with Gasteiger partial charge in [0, 0.05) is 51.9 Å². The van der Waals surface area contributed by atoms with Crippen molar-refractivity contribution in [2.24, 2.45) is 5.73 Å². The van der Waals surface area contributed by atoms with Gasteiger partial charge in [0.15, 0.2) is 0 Å². The maximum absolute atomic E-state index is 12.6. The highest BCUT2D eigenvalue weighted by Gasteiger charge is 2.20. The smallest absolute Gasteiger partial charge is 0.300 e. The molecule has 2 aromatic rings. The molecule has 2 heterocycles. The maximum Gasteiger partial charge on any atom is 0.300 e. The van der Waals surface area contributed by atoms with Crippen molar-refractivity contribution in [2.75, 3.05) is 71.2 Å². The van der Waals surface area contributed by atoms with Gasteiger partial charge in [0.2, 0.25) is 11.9 Å². The number of amides is 1. The van der Waals surface area contributed by atoms with Crippen LogP contribution >= 0.6 is 0 Å². The number of carbonyl (C=O) groups is 2. The van der Waals surface area contributed by atoms with Crippen LogP contribution < -0.4 is 15.8 Å². The zero-order valence-corrected chi connectivity index (χ0v) is 22.7. The summed E-state index contributed by atoms with van der Waals surface area (Å²) in [7, 11) is 0. The van der Waals surface area contributed by atoms with E-state index >= 15 is 0 Å². The first-order valence-corrected chi connectivity index (χ1v) is 13.2. The molecule has 0 unspecified atom stereocenters. The number of benzene rings is 1. The number of aryl methyl sites for hydroxylation is 1. The molecule has 0 aliphatic carbocycles. The van der Waals surface area contributed by atoms with Gasteiger partial charge in [0.1, 0.15) is 5.75 Å². The standard InChI is InChI=1S/C25H37N5O5.C2H4O2/c26-7-13-32-15-17-34-18-16-33-14-11-30-20-22-19-23(5-3-21(22)4-6-24(30)31)35-12-2-10-29-25-27-8-1-9-28-25;1-2(3)4/h1,3,5,8-9,19H,2,4,6-7,10-18,20,26H2,(H,27,28,29);1H3,(H,3,4). The van der Waals surface area contributed by atoms with Crippen LogP contribution in [-0.4, -0.2) is 97.7 Å². The Morgan fingerprint density at radius 1 is 1.00 bits per heavy atom. The summed E-state index contributed by atoms with van der Waals surface area (Å²) < 4.78 is 22.3. The summed E-state index contributed by atoms with van der Waals surface area (Å²) >= 11 is 0. The van der Waals surface area contributed by atoms with E-state index < -0.39 is 5.97 Å². The minimum absolute atomic E-state index is 0.148. The van der Waals surface area contributed by atoms with Crippen molar-refractivity contribution in [3.05, 3.63) is 47.8 Å². The van der Waals surface area contributed by atoms with Crippen LogP contribution in [0.5, 0.6) is 5.75 Å². The van der Waals surface area contributed by atoms with Crippen LogP contribution in [0.15, 0.2) is 36.7 Å². The largest absolute Gasteiger partial charge is 0.494 e. The van der Waals surface area contributed by atoms with Crippen molar-refractivity contribution < 1.29 is 33.6 Å². The Morgan fingerprint density at radius 3 is 2.36 bits per heavy atom. The fraction of sp³-hybridized carbons (Fsp3) is 0.556. The van der Waals surface area contributed by atoms with E-state index in [1.807, 2.05) is 11.0 Å². The lowest BCUT2D eigenvalue weighted by Crippen LogP contribution is -2.32. The van der Waals surface area contributed by atoms with E-state index in [1.165, 1.54) is 5.56 Å². The molecule has 0 radical (unpaired) electrons. The fourth-order valence-corrected chi connectivity index (χ4v) is 3.63. The van der Waals surface area contributed by atoms with Crippen LogP contribution in [0, 0.1) is 0 Å². The summed E-state index contributed by atoms with van der Waals surface area (Å²) in [5.74, 6) is 0.749. The average Bonchev–Trinajstić information content (AvgIpc) is 3.08. The van der Waals surface area contributed by atoms with Gasteiger partial charge in [-0.3, -0.25) is 9.59 Å². The number of aliphatic carboxylic acids is 1. The topological polar surface area (TPSA) is 158 Å². The lowest BCUT2D eigenvalue weighted by molar-refractivity contribution is -0.134. The van der Waals surface area contributed by atoms with Crippen LogP contribution in [0.25, 0.3) is 0 Å². The van der Waals surface area contributed by atoms with Gasteiger partial charge in [0.05, 0.1) is 46.2 Å². The van der Waals surface area contributed by atoms with Gasteiger partial charge < -0.3 is 40.0 Å². The SMILES string of the molecule is CC(=O)O.NCCOCCOCCOCCN1Cc2cc(OCCCNc3ncccn3)ccc2CCC1=O. The number of ether oxygens (including phenoxy) is 4. The molecule has 1 amide bonds. The molecule has 12 heteroatoms. The number of nitrogens with zero attached hydrogens (tertiary/aromatic N) is 3. The molecular weight excluding hydrogens is 506 g/mol. The van der Waals surface area contributed by atoms with Gasteiger partial charge in [-0.2, -0.15) is 0 Å². The summed E-state index contributed by atoms with van der Waals surface area (Å²) in [4.78, 5) is 31.7. The predicted molar refractivity (Wildman–Crippen MR) is 146 cm³/mol. The van der Waals surface area contributed by atoms with E-state index in [-0.39, 0.29) is 5.91 Å². The Labute approximate surface area is 229 Å². The third-order valence-corrected chi connectivity index (χ3v) is 5.45. The number of nitrogens with one attached hydrogen (secondary N) is 1. The maximum atomic E-state index is 12.6. The molecular formula is C27H41N5O7. The number of carboxylic acids is 1. The minimum Gasteiger partial charge on any atom is -0.494 e. The number of hydrogen-bond donors (Lipinski definition) is 3. The van der Waals surface area contributed by atoms with Crippen molar-refractivity contribution in [1.82, 2.24) is 14.9 Å². The first kappa shape index (κ1) is 31.9. The van der Waals surface area contributed by atoms with Gasteiger partial charge in [0.25, 0.3) is 5.97 Å². The third-order valence-electron chi connectivity index (χ3n) is 5.45. The van der Waals surface area contributed by atoms with Gasteiger partial charge in [-0.15, -0.1) is 0 Å². The first-order valence-electron chi connectivity index (χ1n) is 13.2. The molecule has 0 saturated heterocycles. The van der Waals surface area contributed by atoms with E-state index in [9.17, 15) is 4.79 Å². The first-order chi connectivity index (χ1) is 19.0. The van der Waals surface area contributed by atoms with Crippen LogP contribution in [0.2, 0.25) is 0 Å². The van der Waals surface area contributed by atoms with E-state index in [0.717, 1.165) is 37.6 Å². The second-order valence-electron chi connectivity index (χ2n) is 8.59. The molecule has 0 fully saturated rings. The Bertz CT molecular complexity index is 961. The molecule has 1 aliphatic rings. The Balaban J connectivity index is 0.00000124. The molecule has 1 aromatic heterocycles. The molecule has 0 spiro atoms. The summed E-state index contributed by atoms with van der Waals surface area (Å²) in [5.41, 5.74) is 7.69. The molecule has 12 nitrogen and oxygen atoms in total. The number of hydrogen-bond acceptors (Lipinski definition) is 10. The molecule has 0 atom stereocenters. The van der Waals surface area contributed by atoms with Crippen LogP contribution in [0.1, 0.15) is 30.9 Å². The highest BCUT2D eigenvalue weighted by Crippen LogP contribution is 2.24. The number of fused-ring (bicyclic) bond motifs is 1. The summed E-state index contributed by atoms with van der Waals surface area (Å²) in [6.45, 7) is 7.08. The number of carbonyl (C=O) groups excluding carboxylic acids is 1. The Morgan fingerprint density at radius 2 is 1.67 bits per heavy atom. The normalized spacial score (nSPS) is 12.7. The summed E-state index contributed by atoms with van der Waals surface area (Å²) in [5, 5.41) is 10.6. The second-order valence-corrected chi connectivity index (χ2v) is 8.59. The van der Waals surface area contributed by atoms with Crippen molar-refractivity contribution in [3.63, 3.8) is 0 Å². The second kappa shape index (κ2) is 19.7. The number of aromatic nitrogens is 2. The molecule has 216 valence electrons. The molecule has 1 aliphatic heterocycles. The zero-order valence-electron chi connectivity index (χ0n) is 22.7. The van der Waals surface area contributed by atoms with Gasteiger partial charge in [-0.05, 0) is 42.2 Å². The lowest BCUT2D eigenvalue weighted by atomic mass is 10.0. The van der Waals surface area contributed by atoms with Crippen LogP contribution in [0.3, 0.4) is 0 Å². The van der Waals surface area contributed by atoms with Crippen LogP contribution in [0.4, 0.5) is 5.95 Å². The number of rotatable bonds is 17. The van der Waals surface area contributed by atoms with E-state index in [0.29, 0.717) is 78.3 Å². The van der Waals surface area contributed by atoms with E-state index in [2.05, 4.69) is 27.4 Å². The number of carboxylic acid groups (broad SMARTS) is 1. The zero-order chi connectivity index (χ0) is 28.1. The summed E-state index contributed by atoms with van der Waals surface area (Å²) in [6, 6.07) is 7.89. The highest BCUT2D eigenvalue weighted by atomic mass is 16.5. The van der Waals surface area contributed by atoms with Crippen molar-refractivity contribution >= 4 is 17.8 Å². The lowest BCUT2D eigenvalue weighted by Gasteiger charge is -2.21. The monoisotopic (exact) mass is 547 g/mol. The van der Waals surface area contributed by atoms with Gasteiger partial charge in [-0.1, -0.05) is 6.07 Å². The van der Waals surface area contributed by atoms with Gasteiger partial charge >= 0.3 is 0 Å². The van der Waals surface area contributed by atoms with Crippen molar-refractivity contribution in [3.8, 4) is 5.75 Å². The number of nitrogens with two attached hydrogens (primary N) is 1. The predicted octanol–water partition coefficient (Wildman–Crippen LogP) is 1.73. The van der Waals surface area contributed by atoms with E-state index in [1.54, 1.807) is 18.5 Å². The highest BCUT2D eigenvalue weighted by molar-refractivity contribution is 5.77. The van der Waals surface area contributed by atoms with Crippen molar-refractivity contribution in [2.45, 2.75) is 32.7 Å². The quantitative estimate of drug-likeness (QED) is 0.248. The molecule has 39 heavy (non-hydrogen) atoms. The van der Waals surface area contributed by atoms with Gasteiger partial charge in [-0.25, -0.2) is 9.97 Å². The van der Waals surface area contributed by atoms with Crippen LogP contribution in [-0.2, 0) is 36.8 Å². The number of anilines is 1. The fourth-order valence-electron chi connectivity index (χ4n) is 3.63. The molecule has 4 N–H and O–H groups in total. The van der Waals surface area contributed by atoms with Crippen molar-refractivity contribution in [1.29, 1.82) is 0 Å². The molecule has 3 rings (SSSR count). The molecule has 0 bridgehead atoms. The van der Waals surface area contributed by atoms with E-state index in [4.69, 9.17) is 34.6 Å². The minimum atomic E-state index is -0.833. The third kappa shape index (κ3) is 14.4. The summed E-state index contributed by atoms with van der Waals surface area (Å²) in [6.07, 6.45) is 5.49. The molecule has 1 aromatic carbocycles. The Kier molecular flexibility index (Phi) is 16.1.